The van der Waals surface area contributed by atoms with E-state index in [0.717, 1.165) is 13.2 Å². The van der Waals surface area contributed by atoms with Crippen molar-refractivity contribution in [2.75, 3.05) is 13.2 Å². The van der Waals surface area contributed by atoms with Crippen LogP contribution < -0.4 is 5.32 Å². The molecular weight excluding hydrogens is 246 g/mol. The Kier molecular flexibility index (Phi) is 9.54. The lowest BCUT2D eigenvalue weighted by Crippen LogP contribution is -2.51. The molecule has 20 heavy (non-hydrogen) atoms. The molecule has 1 aliphatic rings. The fourth-order valence-electron chi connectivity index (χ4n) is 3.78. The summed E-state index contributed by atoms with van der Waals surface area (Å²) in [4.78, 5) is 0. The van der Waals surface area contributed by atoms with Crippen LogP contribution in [-0.4, -0.2) is 24.8 Å². The summed E-state index contributed by atoms with van der Waals surface area (Å²) in [7, 11) is 0. The molecule has 0 aromatic rings. The highest BCUT2D eigenvalue weighted by molar-refractivity contribution is 4.96. The van der Waals surface area contributed by atoms with Gasteiger partial charge in [-0.2, -0.15) is 0 Å². The van der Waals surface area contributed by atoms with E-state index in [1.165, 1.54) is 70.6 Å². The lowest BCUT2D eigenvalue weighted by atomic mass is 9.87. The van der Waals surface area contributed by atoms with Crippen LogP contribution in [0.4, 0.5) is 0 Å². The third-order valence-electron chi connectivity index (χ3n) is 4.81. The van der Waals surface area contributed by atoms with E-state index in [0.29, 0.717) is 6.04 Å². The number of likely N-dealkylation sites (N-methyl/N-ethyl adjacent to an activating group) is 1. The maximum absolute atomic E-state index is 6.24. The van der Waals surface area contributed by atoms with Crippen molar-refractivity contribution < 1.29 is 4.74 Å². The van der Waals surface area contributed by atoms with E-state index in [1.807, 2.05) is 0 Å². The number of rotatable bonds is 12. The number of ether oxygens (including phenoxy) is 1. The van der Waals surface area contributed by atoms with E-state index < -0.39 is 0 Å². The molecule has 0 radical (unpaired) electrons. The first-order chi connectivity index (χ1) is 9.79. The highest BCUT2D eigenvalue weighted by atomic mass is 16.5. The largest absolute Gasteiger partial charge is 0.374 e. The molecule has 0 bridgehead atoms. The lowest BCUT2D eigenvalue weighted by molar-refractivity contribution is -0.0633. The van der Waals surface area contributed by atoms with Crippen LogP contribution in [0.15, 0.2) is 0 Å². The van der Waals surface area contributed by atoms with Crippen molar-refractivity contribution in [1.29, 1.82) is 0 Å². The molecule has 120 valence electrons. The average molecular weight is 284 g/mol. The standard InChI is InChI=1S/C18H37NO/c1-4-7-8-9-10-11-14-17(19-5-2)18(20-6-3)15-12-13-16-18/h17,19H,4-16H2,1-3H3. The van der Waals surface area contributed by atoms with E-state index in [9.17, 15) is 0 Å². The third kappa shape index (κ3) is 5.73. The summed E-state index contributed by atoms with van der Waals surface area (Å²) >= 11 is 0. The summed E-state index contributed by atoms with van der Waals surface area (Å²) in [6.45, 7) is 8.58. The number of hydrogen-bond donors (Lipinski definition) is 1. The minimum atomic E-state index is 0.147. The van der Waals surface area contributed by atoms with E-state index in [2.05, 4.69) is 26.1 Å². The predicted octanol–water partition coefficient (Wildman–Crippen LogP) is 5.06. The van der Waals surface area contributed by atoms with Gasteiger partial charge in [-0.25, -0.2) is 0 Å². The van der Waals surface area contributed by atoms with Gasteiger partial charge in [-0.1, -0.05) is 65.2 Å². The number of unbranched alkanes of at least 4 members (excludes halogenated alkanes) is 5. The first kappa shape index (κ1) is 18.0. The summed E-state index contributed by atoms with van der Waals surface area (Å²) in [5.41, 5.74) is 0.147. The van der Waals surface area contributed by atoms with Crippen LogP contribution in [0.5, 0.6) is 0 Å². The molecular formula is C18H37NO. The van der Waals surface area contributed by atoms with Crippen molar-refractivity contribution >= 4 is 0 Å². The highest BCUT2D eigenvalue weighted by Gasteiger charge is 2.41. The third-order valence-corrected chi connectivity index (χ3v) is 4.81. The van der Waals surface area contributed by atoms with Gasteiger partial charge in [0.2, 0.25) is 0 Å². The smallest absolute Gasteiger partial charge is 0.0834 e. The second-order valence-corrected chi connectivity index (χ2v) is 6.37. The Balaban J connectivity index is 2.37. The zero-order chi connectivity index (χ0) is 14.7. The molecule has 1 rings (SSSR count). The van der Waals surface area contributed by atoms with Crippen LogP contribution in [0.25, 0.3) is 0 Å². The van der Waals surface area contributed by atoms with Crippen LogP contribution >= 0.6 is 0 Å². The highest BCUT2D eigenvalue weighted by Crippen LogP contribution is 2.38. The second-order valence-electron chi connectivity index (χ2n) is 6.37. The van der Waals surface area contributed by atoms with Crippen LogP contribution in [0.1, 0.15) is 91.4 Å². The van der Waals surface area contributed by atoms with Crippen LogP contribution in [0.2, 0.25) is 0 Å². The van der Waals surface area contributed by atoms with Crippen LogP contribution in [0, 0.1) is 0 Å². The number of hydrogen-bond acceptors (Lipinski definition) is 2. The molecule has 1 unspecified atom stereocenters. The quantitative estimate of drug-likeness (QED) is 0.505. The molecule has 1 saturated carbocycles. The van der Waals surface area contributed by atoms with Gasteiger partial charge in [0.05, 0.1) is 5.60 Å². The zero-order valence-electron chi connectivity index (χ0n) is 14.2. The molecule has 1 atom stereocenters. The molecule has 0 aliphatic heterocycles. The van der Waals surface area contributed by atoms with Gasteiger partial charge in [-0.05, 0) is 32.7 Å². The molecule has 2 heteroatoms. The Bertz CT molecular complexity index is 223. The minimum absolute atomic E-state index is 0.147. The average Bonchev–Trinajstić information content (AvgIpc) is 2.91. The van der Waals surface area contributed by atoms with Crippen molar-refractivity contribution in [1.82, 2.24) is 5.32 Å². The Morgan fingerprint density at radius 3 is 2.20 bits per heavy atom. The molecule has 1 aliphatic carbocycles. The summed E-state index contributed by atoms with van der Waals surface area (Å²) in [6.07, 6.45) is 14.8. The van der Waals surface area contributed by atoms with Crippen molar-refractivity contribution in [2.45, 2.75) is 103 Å². The molecule has 0 saturated heterocycles. The molecule has 0 heterocycles. The van der Waals surface area contributed by atoms with Crippen molar-refractivity contribution in [3.8, 4) is 0 Å². The normalized spacial score (nSPS) is 19.4. The molecule has 0 aromatic heterocycles. The van der Waals surface area contributed by atoms with E-state index in [1.54, 1.807) is 0 Å². The van der Waals surface area contributed by atoms with E-state index in [4.69, 9.17) is 4.74 Å². The summed E-state index contributed by atoms with van der Waals surface area (Å²) in [5.74, 6) is 0. The first-order valence-corrected chi connectivity index (χ1v) is 9.16. The zero-order valence-corrected chi connectivity index (χ0v) is 14.2. The van der Waals surface area contributed by atoms with Crippen LogP contribution in [0.3, 0.4) is 0 Å². The number of nitrogens with one attached hydrogen (secondary N) is 1. The van der Waals surface area contributed by atoms with Gasteiger partial charge in [0.15, 0.2) is 0 Å². The van der Waals surface area contributed by atoms with Gasteiger partial charge in [0.1, 0.15) is 0 Å². The summed E-state index contributed by atoms with van der Waals surface area (Å²) < 4.78 is 6.24. The molecule has 0 aromatic carbocycles. The molecule has 0 spiro atoms. The molecule has 1 N–H and O–H groups in total. The fourth-order valence-corrected chi connectivity index (χ4v) is 3.78. The van der Waals surface area contributed by atoms with Gasteiger partial charge >= 0.3 is 0 Å². The van der Waals surface area contributed by atoms with Gasteiger partial charge < -0.3 is 10.1 Å². The fraction of sp³-hybridized carbons (Fsp3) is 1.00. The molecule has 0 amide bonds. The maximum atomic E-state index is 6.24. The summed E-state index contributed by atoms with van der Waals surface area (Å²) in [5, 5.41) is 3.73. The summed E-state index contributed by atoms with van der Waals surface area (Å²) in [6, 6.07) is 0.570. The Hall–Kier alpha value is -0.0800. The lowest BCUT2D eigenvalue weighted by Gasteiger charge is -2.38. The van der Waals surface area contributed by atoms with E-state index >= 15 is 0 Å². The van der Waals surface area contributed by atoms with Gasteiger partial charge in [0, 0.05) is 12.6 Å². The van der Waals surface area contributed by atoms with Crippen LogP contribution in [-0.2, 0) is 4.74 Å². The topological polar surface area (TPSA) is 21.3 Å². The van der Waals surface area contributed by atoms with Crippen molar-refractivity contribution in [2.24, 2.45) is 0 Å². The second kappa shape index (κ2) is 10.6. The molecule has 1 fully saturated rings. The van der Waals surface area contributed by atoms with Gasteiger partial charge in [0.25, 0.3) is 0 Å². The Labute approximate surface area is 127 Å². The first-order valence-electron chi connectivity index (χ1n) is 9.16. The van der Waals surface area contributed by atoms with Crippen molar-refractivity contribution in [3.05, 3.63) is 0 Å². The van der Waals surface area contributed by atoms with Gasteiger partial charge in [-0.3, -0.25) is 0 Å². The minimum Gasteiger partial charge on any atom is -0.374 e. The maximum Gasteiger partial charge on any atom is 0.0834 e. The SMILES string of the molecule is CCCCCCCCC(NCC)C1(OCC)CCCC1. The van der Waals surface area contributed by atoms with Crippen molar-refractivity contribution in [3.63, 3.8) is 0 Å². The Morgan fingerprint density at radius 2 is 1.60 bits per heavy atom. The predicted molar refractivity (Wildman–Crippen MR) is 88.3 cm³/mol. The monoisotopic (exact) mass is 283 g/mol. The van der Waals surface area contributed by atoms with Gasteiger partial charge in [-0.15, -0.1) is 0 Å². The Morgan fingerprint density at radius 1 is 0.950 bits per heavy atom. The molecule has 2 nitrogen and oxygen atoms in total. The van der Waals surface area contributed by atoms with E-state index in [-0.39, 0.29) is 5.60 Å².